The summed E-state index contributed by atoms with van der Waals surface area (Å²) in [7, 11) is -0.531. The molecule has 2 aliphatic heterocycles. The zero-order chi connectivity index (χ0) is 11.8. The molecular formula is C7H14N4O4S. The highest BCUT2D eigenvalue weighted by Gasteiger charge is 2.58. The Bertz CT molecular complexity index is 395. The lowest BCUT2D eigenvalue weighted by Crippen LogP contribution is -2.73. The molecule has 0 atom stereocenters. The third-order valence-corrected chi connectivity index (χ3v) is 3.36. The lowest BCUT2D eigenvalue weighted by molar-refractivity contribution is -0.263. The van der Waals surface area contributed by atoms with Crippen molar-refractivity contribution >= 4 is 16.4 Å². The number of nitrogens with one attached hydrogen (secondary N) is 2. The van der Waals surface area contributed by atoms with E-state index in [4.69, 9.17) is 8.37 Å². The van der Waals surface area contributed by atoms with Gasteiger partial charge in [-0.1, -0.05) is 0 Å². The van der Waals surface area contributed by atoms with Crippen LogP contribution in [0.3, 0.4) is 0 Å². The Balaban J connectivity index is 2.22. The van der Waals surface area contributed by atoms with Crippen molar-refractivity contribution in [2.24, 2.45) is 4.99 Å². The van der Waals surface area contributed by atoms with Crippen LogP contribution in [0.15, 0.2) is 4.99 Å². The second-order valence-electron chi connectivity index (χ2n) is 3.41. The van der Waals surface area contributed by atoms with Crippen molar-refractivity contribution in [2.75, 3.05) is 33.7 Å². The fourth-order valence-corrected chi connectivity index (χ4v) is 2.76. The van der Waals surface area contributed by atoms with E-state index in [1.54, 1.807) is 19.0 Å². The number of nitrogens with zero attached hydrogens (tertiary/aromatic N) is 2. The van der Waals surface area contributed by atoms with Crippen LogP contribution in [0, 0.1) is 0 Å². The predicted molar refractivity (Wildman–Crippen MR) is 55.8 cm³/mol. The number of guanidine groups is 1. The van der Waals surface area contributed by atoms with Crippen LogP contribution in [0.4, 0.5) is 0 Å². The molecule has 0 aliphatic carbocycles. The lowest BCUT2D eigenvalue weighted by atomic mass is 10.3. The van der Waals surface area contributed by atoms with Crippen molar-refractivity contribution in [2.45, 2.75) is 5.91 Å². The number of rotatable bonds is 0. The third kappa shape index (κ3) is 1.75. The summed E-state index contributed by atoms with van der Waals surface area (Å²) < 4.78 is 31.6. The molecule has 2 rings (SSSR count). The molecule has 2 aliphatic rings. The molecular weight excluding hydrogens is 236 g/mol. The molecule has 0 aromatic carbocycles. The number of hydrogen-bond donors (Lipinski definition) is 2. The topological polar surface area (TPSA) is 92.3 Å². The van der Waals surface area contributed by atoms with Crippen LogP contribution in [-0.4, -0.2) is 58.9 Å². The van der Waals surface area contributed by atoms with E-state index in [0.717, 1.165) is 0 Å². The van der Waals surface area contributed by atoms with E-state index in [-0.39, 0.29) is 6.54 Å². The van der Waals surface area contributed by atoms with Gasteiger partial charge in [-0.25, -0.2) is 0 Å². The van der Waals surface area contributed by atoms with Gasteiger partial charge in [-0.05, 0) is 0 Å². The van der Waals surface area contributed by atoms with Gasteiger partial charge in [0.25, 0.3) is 0 Å². The van der Waals surface area contributed by atoms with Gasteiger partial charge in [0.05, 0.1) is 6.54 Å². The highest BCUT2D eigenvalue weighted by Crippen LogP contribution is 2.35. The fraction of sp³-hybridized carbons (Fsp3) is 0.857. The van der Waals surface area contributed by atoms with Gasteiger partial charge in [0.15, 0.2) is 5.96 Å². The lowest BCUT2D eigenvalue weighted by Gasteiger charge is -2.49. The molecule has 2 saturated heterocycles. The second kappa shape index (κ2) is 3.84. The SMILES string of the molecule is CN=C(NC)N1CCNCC12OS(=O)(=O)O2. The van der Waals surface area contributed by atoms with Crippen molar-refractivity contribution in [1.29, 1.82) is 0 Å². The van der Waals surface area contributed by atoms with Crippen LogP contribution >= 0.6 is 0 Å². The van der Waals surface area contributed by atoms with Gasteiger partial charge in [0.1, 0.15) is 0 Å². The van der Waals surface area contributed by atoms with Crippen molar-refractivity contribution in [1.82, 2.24) is 15.5 Å². The first-order valence-corrected chi connectivity index (χ1v) is 6.15. The van der Waals surface area contributed by atoms with Crippen LogP contribution in [0.5, 0.6) is 0 Å². The minimum Gasteiger partial charge on any atom is -0.359 e. The largest absolute Gasteiger partial charge is 0.408 e. The Kier molecular flexibility index (Phi) is 2.78. The predicted octanol–water partition coefficient (Wildman–Crippen LogP) is -1.96. The summed E-state index contributed by atoms with van der Waals surface area (Å²) in [5.41, 5.74) is 0. The number of piperazine rings is 1. The zero-order valence-electron chi connectivity index (χ0n) is 9.06. The van der Waals surface area contributed by atoms with Gasteiger partial charge in [-0.2, -0.15) is 16.8 Å². The Morgan fingerprint density at radius 1 is 1.56 bits per heavy atom. The van der Waals surface area contributed by atoms with E-state index >= 15 is 0 Å². The molecule has 9 heteroatoms. The third-order valence-electron chi connectivity index (χ3n) is 2.43. The zero-order valence-corrected chi connectivity index (χ0v) is 9.87. The van der Waals surface area contributed by atoms with Crippen LogP contribution < -0.4 is 10.6 Å². The van der Waals surface area contributed by atoms with E-state index < -0.39 is 16.3 Å². The summed E-state index contributed by atoms with van der Waals surface area (Å²) in [5, 5.41) is 5.87. The van der Waals surface area contributed by atoms with E-state index in [9.17, 15) is 8.42 Å². The van der Waals surface area contributed by atoms with Gasteiger partial charge < -0.3 is 10.6 Å². The van der Waals surface area contributed by atoms with E-state index in [2.05, 4.69) is 15.6 Å². The quantitative estimate of drug-likeness (QED) is 0.381. The Morgan fingerprint density at radius 2 is 2.25 bits per heavy atom. The molecule has 0 radical (unpaired) electrons. The summed E-state index contributed by atoms with van der Waals surface area (Å²) in [6.45, 7) is 1.52. The Morgan fingerprint density at radius 3 is 2.75 bits per heavy atom. The molecule has 2 heterocycles. The summed E-state index contributed by atoms with van der Waals surface area (Å²) in [5.74, 6) is -0.758. The normalized spacial score (nSPS) is 27.6. The van der Waals surface area contributed by atoms with Gasteiger partial charge in [-0.3, -0.25) is 9.89 Å². The number of hydrogen-bond acceptors (Lipinski definition) is 6. The second-order valence-corrected chi connectivity index (χ2v) is 4.56. The first-order chi connectivity index (χ1) is 7.53. The minimum absolute atomic E-state index is 0.271. The summed E-state index contributed by atoms with van der Waals surface area (Å²) in [6, 6.07) is 0. The number of aliphatic imine (C=N–C) groups is 1. The maximum absolute atomic E-state index is 10.9. The molecule has 0 unspecified atom stereocenters. The van der Waals surface area contributed by atoms with Crippen molar-refractivity contribution < 1.29 is 16.8 Å². The fourth-order valence-electron chi connectivity index (χ4n) is 1.81. The molecule has 2 fully saturated rings. The van der Waals surface area contributed by atoms with Crippen LogP contribution in [0.1, 0.15) is 0 Å². The molecule has 0 bridgehead atoms. The first kappa shape index (κ1) is 11.6. The van der Waals surface area contributed by atoms with Crippen LogP contribution in [0.2, 0.25) is 0 Å². The van der Waals surface area contributed by atoms with Crippen molar-refractivity contribution in [3.63, 3.8) is 0 Å². The summed E-state index contributed by atoms with van der Waals surface area (Å²) >= 11 is 0. The molecule has 8 nitrogen and oxygen atoms in total. The average molecular weight is 250 g/mol. The first-order valence-electron chi connectivity index (χ1n) is 4.82. The van der Waals surface area contributed by atoms with Crippen molar-refractivity contribution in [3.05, 3.63) is 0 Å². The highest BCUT2D eigenvalue weighted by molar-refractivity contribution is 7.82. The van der Waals surface area contributed by atoms with Gasteiger partial charge in [-0.15, -0.1) is 0 Å². The van der Waals surface area contributed by atoms with E-state index in [0.29, 0.717) is 19.0 Å². The molecule has 92 valence electrons. The summed E-state index contributed by atoms with van der Waals surface area (Å²) in [4.78, 5) is 5.65. The standard InChI is InChI=1S/C7H14N4O4S/c1-8-6(9-2)11-4-3-10-5-7(11)14-16(12,13)15-7/h10H,3-5H2,1-2H3,(H,8,9). The molecule has 0 amide bonds. The van der Waals surface area contributed by atoms with E-state index in [1.165, 1.54) is 0 Å². The Hall–Kier alpha value is -0.900. The molecule has 0 saturated carbocycles. The Labute approximate surface area is 93.9 Å². The molecule has 2 N–H and O–H groups in total. The van der Waals surface area contributed by atoms with E-state index in [1.807, 2.05) is 0 Å². The molecule has 1 spiro atoms. The van der Waals surface area contributed by atoms with Gasteiger partial charge in [0.2, 0.25) is 0 Å². The molecule has 0 aromatic heterocycles. The highest BCUT2D eigenvalue weighted by atomic mass is 32.3. The van der Waals surface area contributed by atoms with Crippen LogP contribution in [-0.2, 0) is 18.8 Å². The minimum atomic E-state index is -3.84. The van der Waals surface area contributed by atoms with Gasteiger partial charge >= 0.3 is 16.3 Å². The van der Waals surface area contributed by atoms with Crippen LogP contribution in [0.25, 0.3) is 0 Å². The molecule has 16 heavy (non-hydrogen) atoms. The van der Waals surface area contributed by atoms with Gasteiger partial charge in [0, 0.05) is 27.2 Å². The maximum Gasteiger partial charge on any atom is 0.408 e. The molecule has 0 aromatic rings. The monoisotopic (exact) mass is 250 g/mol. The smallest absolute Gasteiger partial charge is 0.359 e. The summed E-state index contributed by atoms with van der Waals surface area (Å²) in [6.07, 6.45) is 0. The average Bonchev–Trinajstić information content (AvgIpc) is 2.19. The van der Waals surface area contributed by atoms with Crippen molar-refractivity contribution in [3.8, 4) is 0 Å². The maximum atomic E-state index is 10.9.